The second-order valence-corrected chi connectivity index (χ2v) is 9.03. The van der Waals surface area contributed by atoms with Crippen molar-refractivity contribution in [3.8, 4) is 11.5 Å². The van der Waals surface area contributed by atoms with E-state index in [2.05, 4.69) is 25.3 Å². The number of aromatic nitrogens is 2. The van der Waals surface area contributed by atoms with Crippen LogP contribution >= 0.6 is 0 Å². The topological polar surface area (TPSA) is 81.1 Å². The summed E-state index contributed by atoms with van der Waals surface area (Å²) in [5.41, 5.74) is 4.11. The van der Waals surface area contributed by atoms with E-state index in [1.54, 1.807) is 19.2 Å². The number of rotatable bonds is 12. The first-order valence-electron chi connectivity index (χ1n) is 12.3. The van der Waals surface area contributed by atoms with Gasteiger partial charge in [0.25, 0.3) is 0 Å². The number of methoxy groups -OCH3 is 1. The highest BCUT2D eigenvalue weighted by Crippen LogP contribution is 2.34. The molecular formula is C29H32FN5O3. The zero-order valence-corrected chi connectivity index (χ0v) is 22.1. The fraction of sp³-hybridized carbons (Fsp3) is 0.276. The van der Waals surface area contributed by atoms with Gasteiger partial charge in [0.2, 0.25) is 0 Å². The Kier molecular flexibility index (Phi) is 9.05. The van der Waals surface area contributed by atoms with Gasteiger partial charge in [0.15, 0.2) is 11.5 Å². The molecule has 0 saturated carbocycles. The van der Waals surface area contributed by atoms with Crippen LogP contribution in [0.2, 0.25) is 0 Å². The lowest BCUT2D eigenvalue weighted by atomic mass is 10.1. The summed E-state index contributed by atoms with van der Waals surface area (Å²) >= 11 is 0. The van der Waals surface area contributed by atoms with Gasteiger partial charge in [-0.2, -0.15) is 0 Å². The molecular weight excluding hydrogens is 485 g/mol. The summed E-state index contributed by atoms with van der Waals surface area (Å²) in [7, 11) is 5.70. The summed E-state index contributed by atoms with van der Waals surface area (Å²) < 4.78 is 24.6. The van der Waals surface area contributed by atoms with Crippen LogP contribution in [0.1, 0.15) is 24.5 Å². The zero-order valence-electron chi connectivity index (χ0n) is 22.1. The molecule has 0 bridgehead atoms. The van der Waals surface area contributed by atoms with Gasteiger partial charge in [0.05, 0.1) is 24.9 Å². The van der Waals surface area contributed by atoms with Crippen molar-refractivity contribution in [1.82, 2.24) is 14.9 Å². The number of benzene rings is 3. The number of ether oxygens (including phenoxy) is 2. The van der Waals surface area contributed by atoms with Crippen LogP contribution in [0.5, 0.6) is 11.5 Å². The second kappa shape index (κ2) is 12.8. The molecule has 9 heteroatoms. The fourth-order valence-corrected chi connectivity index (χ4v) is 3.77. The molecule has 1 N–H and O–H groups in total. The molecule has 0 radical (unpaired) electrons. The molecule has 3 aromatic carbocycles. The molecule has 0 aliphatic rings. The summed E-state index contributed by atoms with van der Waals surface area (Å²) in [4.78, 5) is 16.4. The van der Waals surface area contributed by atoms with Crippen LogP contribution in [-0.4, -0.2) is 54.9 Å². The number of hydrogen-bond acceptors (Lipinski definition) is 8. The van der Waals surface area contributed by atoms with E-state index in [9.17, 15) is 4.39 Å². The van der Waals surface area contributed by atoms with Crippen molar-refractivity contribution in [1.29, 1.82) is 0 Å². The Hall–Kier alpha value is -4.24. The van der Waals surface area contributed by atoms with Gasteiger partial charge in [-0.15, -0.1) is 0 Å². The Morgan fingerprint density at radius 3 is 2.47 bits per heavy atom. The van der Waals surface area contributed by atoms with E-state index in [1.807, 2.05) is 57.4 Å². The van der Waals surface area contributed by atoms with Gasteiger partial charge in [-0.25, -0.2) is 14.4 Å². The molecule has 1 aromatic heterocycles. The van der Waals surface area contributed by atoms with Gasteiger partial charge < -0.3 is 24.5 Å². The molecule has 0 saturated heterocycles. The lowest BCUT2D eigenvalue weighted by Crippen LogP contribution is -2.15. The third-order valence-electron chi connectivity index (χ3n) is 5.84. The molecule has 0 aliphatic carbocycles. The van der Waals surface area contributed by atoms with Crippen LogP contribution in [0.4, 0.5) is 15.9 Å². The van der Waals surface area contributed by atoms with Crippen molar-refractivity contribution in [3.05, 3.63) is 83.9 Å². The van der Waals surface area contributed by atoms with Crippen molar-refractivity contribution < 1.29 is 18.7 Å². The van der Waals surface area contributed by atoms with E-state index < -0.39 is 0 Å². The third-order valence-corrected chi connectivity index (χ3v) is 5.84. The normalized spacial score (nSPS) is 11.6. The monoisotopic (exact) mass is 517 g/mol. The molecule has 1 heterocycles. The molecule has 38 heavy (non-hydrogen) atoms. The van der Waals surface area contributed by atoms with Crippen LogP contribution in [-0.2, 0) is 11.4 Å². The summed E-state index contributed by atoms with van der Waals surface area (Å²) in [5.74, 6) is 1.67. The lowest BCUT2D eigenvalue weighted by Gasteiger charge is -2.15. The first-order valence-corrected chi connectivity index (χ1v) is 12.3. The van der Waals surface area contributed by atoms with E-state index in [1.165, 1.54) is 18.5 Å². The predicted molar refractivity (Wildman–Crippen MR) is 148 cm³/mol. The van der Waals surface area contributed by atoms with Crippen LogP contribution in [0, 0.1) is 5.82 Å². The van der Waals surface area contributed by atoms with Crippen LogP contribution in [0.3, 0.4) is 0 Å². The first kappa shape index (κ1) is 26.8. The maximum Gasteiger partial charge on any atom is 0.163 e. The number of halogens is 1. The van der Waals surface area contributed by atoms with Crippen LogP contribution in [0.25, 0.3) is 10.9 Å². The number of anilines is 2. The standard InChI is InChI=1S/C29H32FN5O3/c1-20(34-38-18-21-6-10-23(30)11-7-21)22-8-12-24(13-9-22)33-29-25-16-27(36-4)28(17-26(25)31-19-32-29)37-15-5-14-35(2)3/h6-13,16-17,19H,5,14-15,18H2,1-4H3,(H,31,32,33)/b34-20+. The quantitative estimate of drug-likeness (QED) is 0.145. The SMILES string of the molecule is COc1cc2c(Nc3ccc(/C(C)=N/OCc4ccc(F)cc4)cc3)ncnc2cc1OCCCN(C)C. The zero-order chi connectivity index (χ0) is 26.9. The number of hydrogen-bond donors (Lipinski definition) is 1. The van der Waals surface area contributed by atoms with Gasteiger partial charge in [0, 0.05) is 23.7 Å². The van der Waals surface area contributed by atoms with Crippen molar-refractivity contribution >= 4 is 28.1 Å². The lowest BCUT2D eigenvalue weighted by molar-refractivity contribution is 0.130. The molecule has 0 amide bonds. The van der Waals surface area contributed by atoms with Gasteiger partial charge in [-0.05, 0) is 68.9 Å². The Morgan fingerprint density at radius 1 is 1.00 bits per heavy atom. The molecule has 4 aromatic rings. The predicted octanol–water partition coefficient (Wildman–Crippen LogP) is 5.79. The number of nitrogens with one attached hydrogen (secondary N) is 1. The maximum absolute atomic E-state index is 13.0. The first-order chi connectivity index (χ1) is 18.4. The van der Waals surface area contributed by atoms with E-state index in [0.29, 0.717) is 23.9 Å². The van der Waals surface area contributed by atoms with E-state index in [0.717, 1.165) is 46.4 Å². The van der Waals surface area contributed by atoms with Gasteiger partial charge in [-0.1, -0.05) is 29.4 Å². The molecule has 4 rings (SSSR count). The Morgan fingerprint density at radius 2 is 1.76 bits per heavy atom. The summed E-state index contributed by atoms with van der Waals surface area (Å²) in [6, 6.07) is 17.7. The fourth-order valence-electron chi connectivity index (χ4n) is 3.77. The molecule has 0 spiro atoms. The largest absolute Gasteiger partial charge is 0.493 e. The summed E-state index contributed by atoms with van der Waals surface area (Å²) in [6.45, 7) is 3.67. The van der Waals surface area contributed by atoms with Crippen molar-refractivity contribution in [2.45, 2.75) is 20.0 Å². The number of fused-ring (bicyclic) bond motifs is 1. The average Bonchev–Trinajstić information content (AvgIpc) is 2.92. The summed E-state index contributed by atoms with van der Waals surface area (Å²) in [5, 5.41) is 8.37. The van der Waals surface area contributed by atoms with Crippen molar-refractivity contribution in [2.75, 3.05) is 39.7 Å². The highest BCUT2D eigenvalue weighted by Gasteiger charge is 2.12. The average molecular weight is 518 g/mol. The molecule has 198 valence electrons. The highest BCUT2D eigenvalue weighted by molar-refractivity contribution is 5.99. The number of oxime groups is 1. The second-order valence-electron chi connectivity index (χ2n) is 9.03. The van der Waals surface area contributed by atoms with Crippen molar-refractivity contribution in [2.24, 2.45) is 5.16 Å². The van der Waals surface area contributed by atoms with E-state index in [-0.39, 0.29) is 12.4 Å². The summed E-state index contributed by atoms with van der Waals surface area (Å²) in [6.07, 6.45) is 2.43. The molecule has 8 nitrogen and oxygen atoms in total. The molecule has 0 fully saturated rings. The number of nitrogens with zero attached hydrogens (tertiary/aromatic N) is 4. The molecule has 0 atom stereocenters. The maximum atomic E-state index is 13.0. The Bertz CT molecular complexity index is 1380. The molecule has 0 unspecified atom stereocenters. The van der Waals surface area contributed by atoms with E-state index in [4.69, 9.17) is 14.3 Å². The van der Waals surface area contributed by atoms with Crippen LogP contribution < -0.4 is 14.8 Å². The Balaban J connectivity index is 1.43. The highest BCUT2D eigenvalue weighted by atomic mass is 19.1. The van der Waals surface area contributed by atoms with Gasteiger partial charge >= 0.3 is 0 Å². The van der Waals surface area contributed by atoms with Gasteiger partial charge in [-0.3, -0.25) is 0 Å². The van der Waals surface area contributed by atoms with Gasteiger partial charge in [0.1, 0.15) is 24.6 Å². The van der Waals surface area contributed by atoms with E-state index >= 15 is 0 Å². The minimum Gasteiger partial charge on any atom is -0.493 e. The molecule has 0 aliphatic heterocycles. The van der Waals surface area contributed by atoms with Crippen LogP contribution in [0.15, 0.2) is 72.1 Å². The smallest absolute Gasteiger partial charge is 0.163 e. The Labute approximate surface area is 222 Å². The minimum atomic E-state index is -0.277. The van der Waals surface area contributed by atoms with Crippen molar-refractivity contribution in [3.63, 3.8) is 0 Å². The minimum absolute atomic E-state index is 0.268. The third kappa shape index (κ3) is 7.17.